The van der Waals surface area contributed by atoms with E-state index in [2.05, 4.69) is 5.48 Å². The highest BCUT2D eigenvalue weighted by Gasteiger charge is 2.28. The topological polar surface area (TPSA) is 88.1 Å². The van der Waals surface area contributed by atoms with Crippen LogP contribution in [0.4, 0.5) is 4.79 Å². The van der Waals surface area contributed by atoms with Crippen molar-refractivity contribution in [2.45, 2.75) is 52.4 Å². The summed E-state index contributed by atoms with van der Waals surface area (Å²) in [4.78, 5) is 31.6. The Morgan fingerprint density at radius 3 is 2.33 bits per heavy atom. The minimum absolute atomic E-state index is 0.0198. The molecule has 0 spiro atoms. The van der Waals surface area contributed by atoms with Crippen LogP contribution in [0.15, 0.2) is 54.6 Å². The van der Waals surface area contributed by atoms with Crippen LogP contribution >= 0.6 is 0 Å². The number of hydrogen-bond acceptors (Lipinski definition) is 5. The predicted octanol–water partition coefficient (Wildman–Crippen LogP) is 4.33. The predicted molar refractivity (Wildman–Crippen MR) is 113 cm³/mol. The van der Waals surface area contributed by atoms with Crippen molar-refractivity contribution in [3.63, 3.8) is 0 Å². The highest BCUT2D eigenvalue weighted by molar-refractivity contribution is 5.76. The molecule has 0 radical (unpaired) electrons. The van der Waals surface area contributed by atoms with Crippen molar-refractivity contribution in [1.82, 2.24) is 10.4 Å². The molecule has 0 heterocycles. The van der Waals surface area contributed by atoms with Crippen LogP contribution in [0.1, 0.15) is 51.3 Å². The summed E-state index contributed by atoms with van der Waals surface area (Å²) in [6.07, 6.45) is -0.539. The molecule has 0 saturated heterocycles. The summed E-state index contributed by atoms with van der Waals surface area (Å²) in [5, 5.41) is 10.2. The molecular formula is C23H30N2O5. The van der Waals surface area contributed by atoms with Crippen LogP contribution < -0.4 is 5.48 Å². The van der Waals surface area contributed by atoms with Crippen molar-refractivity contribution in [2.24, 2.45) is 0 Å². The van der Waals surface area contributed by atoms with E-state index in [4.69, 9.17) is 9.57 Å². The number of hydrogen-bond donors (Lipinski definition) is 2. The number of phenols is 1. The average Bonchev–Trinajstić information content (AvgIpc) is 2.68. The third-order valence-corrected chi connectivity index (χ3v) is 4.33. The van der Waals surface area contributed by atoms with E-state index in [-0.39, 0.29) is 31.2 Å². The summed E-state index contributed by atoms with van der Waals surface area (Å²) in [5.41, 5.74) is 3.22. The largest absolute Gasteiger partial charge is 0.508 e. The number of nitrogens with zero attached hydrogens (tertiary/aromatic N) is 1. The average molecular weight is 415 g/mol. The Balaban J connectivity index is 1.99. The molecule has 0 aliphatic carbocycles. The molecule has 0 unspecified atom stereocenters. The normalized spacial score (nSPS) is 12.1. The lowest BCUT2D eigenvalue weighted by Gasteiger charge is -2.32. The van der Waals surface area contributed by atoms with Crippen molar-refractivity contribution in [3.8, 4) is 5.75 Å². The molecule has 2 rings (SSSR count). The number of benzene rings is 2. The van der Waals surface area contributed by atoms with Crippen molar-refractivity contribution in [1.29, 1.82) is 0 Å². The third kappa shape index (κ3) is 7.40. The van der Waals surface area contributed by atoms with E-state index in [1.807, 2.05) is 30.3 Å². The van der Waals surface area contributed by atoms with Gasteiger partial charge in [-0.2, -0.15) is 0 Å². The van der Waals surface area contributed by atoms with Gasteiger partial charge < -0.3 is 14.7 Å². The molecule has 0 saturated carbocycles. The second-order valence-electron chi connectivity index (χ2n) is 7.96. The van der Waals surface area contributed by atoms with Gasteiger partial charge >= 0.3 is 6.09 Å². The molecule has 0 aromatic heterocycles. The van der Waals surface area contributed by atoms with E-state index >= 15 is 0 Å². The zero-order valence-electron chi connectivity index (χ0n) is 17.9. The smallest absolute Gasteiger partial charge is 0.410 e. The second-order valence-corrected chi connectivity index (χ2v) is 7.96. The van der Waals surface area contributed by atoms with Gasteiger partial charge in [-0.05, 0) is 39.3 Å². The second kappa shape index (κ2) is 10.6. The monoisotopic (exact) mass is 414 g/mol. The Kier molecular flexibility index (Phi) is 8.24. The highest BCUT2D eigenvalue weighted by atomic mass is 16.6. The fraction of sp³-hybridized carbons (Fsp3) is 0.391. The van der Waals surface area contributed by atoms with Crippen molar-refractivity contribution < 1.29 is 24.3 Å². The van der Waals surface area contributed by atoms with E-state index in [1.165, 1.54) is 4.90 Å². The first-order valence-electron chi connectivity index (χ1n) is 9.89. The van der Waals surface area contributed by atoms with Gasteiger partial charge in [0.05, 0.1) is 12.6 Å². The Hall–Kier alpha value is -3.06. The van der Waals surface area contributed by atoms with Crippen molar-refractivity contribution in [3.05, 3.63) is 65.7 Å². The number of carbonyl (C=O) groups excluding carboxylic acids is 2. The summed E-state index contributed by atoms with van der Waals surface area (Å²) in [6.45, 7) is 7.46. The Labute approximate surface area is 177 Å². The van der Waals surface area contributed by atoms with Crippen LogP contribution in [0, 0.1) is 0 Å². The highest BCUT2D eigenvalue weighted by Crippen LogP contribution is 2.29. The number of aromatic hydroxyl groups is 1. The molecule has 2 amide bonds. The van der Waals surface area contributed by atoms with Crippen LogP contribution in [-0.4, -0.2) is 34.2 Å². The summed E-state index contributed by atoms with van der Waals surface area (Å²) in [5.74, 6) is -0.279. The van der Waals surface area contributed by atoms with Gasteiger partial charge in [0.1, 0.15) is 11.4 Å². The molecule has 0 aliphatic heterocycles. The van der Waals surface area contributed by atoms with E-state index in [0.717, 1.165) is 5.56 Å². The van der Waals surface area contributed by atoms with Gasteiger partial charge in [0.25, 0.3) is 0 Å². The fourth-order valence-electron chi connectivity index (χ4n) is 2.82. The SMILES string of the molecule is C[C@H](c1ccccc1O)N(CCC(=O)NOCc1ccccc1)C(=O)OC(C)(C)C. The first-order valence-corrected chi connectivity index (χ1v) is 9.89. The number of phenolic OH excluding ortho intramolecular Hbond substituents is 1. The van der Waals surface area contributed by atoms with Gasteiger partial charge in [-0.25, -0.2) is 10.3 Å². The third-order valence-electron chi connectivity index (χ3n) is 4.33. The molecule has 7 nitrogen and oxygen atoms in total. The standard InChI is InChI=1S/C23H30N2O5/c1-17(19-12-8-9-13-20(19)26)25(22(28)30-23(2,3)4)15-14-21(27)24-29-16-18-10-6-5-7-11-18/h5-13,17,26H,14-16H2,1-4H3,(H,24,27)/t17-/m1/s1. The number of para-hydroxylation sites is 1. The first kappa shape index (κ1) is 23.2. The Bertz CT molecular complexity index is 833. The molecule has 0 aliphatic rings. The molecule has 1 atom stereocenters. The van der Waals surface area contributed by atoms with Crippen LogP contribution in [0.2, 0.25) is 0 Å². The van der Waals surface area contributed by atoms with E-state index in [0.29, 0.717) is 5.56 Å². The number of rotatable bonds is 8. The molecule has 0 bridgehead atoms. The molecule has 30 heavy (non-hydrogen) atoms. The molecule has 0 fully saturated rings. The first-order chi connectivity index (χ1) is 14.2. The van der Waals surface area contributed by atoms with E-state index in [9.17, 15) is 14.7 Å². The number of nitrogens with one attached hydrogen (secondary N) is 1. The van der Waals surface area contributed by atoms with E-state index in [1.54, 1.807) is 52.0 Å². The molecule has 2 aromatic rings. The van der Waals surface area contributed by atoms with Crippen LogP contribution in [0.5, 0.6) is 5.75 Å². The van der Waals surface area contributed by atoms with Gasteiger partial charge in [0.15, 0.2) is 0 Å². The zero-order chi connectivity index (χ0) is 22.1. The lowest BCUT2D eigenvalue weighted by Crippen LogP contribution is -2.40. The molecule has 2 N–H and O–H groups in total. The van der Waals surface area contributed by atoms with Gasteiger partial charge in [-0.15, -0.1) is 0 Å². The van der Waals surface area contributed by atoms with E-state index < -0.39 is 17.7 Å². The summed E-state index contributed by atoms with van der Waals surface area (Å²) >= 11 is 0. The van der Waals surface area contributed by atoms with Crippen LogP contribution in [0.3, 0.4) is 0 Å². The Morgan fingerprint density at radius 1 is 1.07 bits per heavy atom. The lowest BCUT2D eigenvalue weighted by atomic mass is 10.1. The maximum Gasteiger partial charge on any atom is 0.410 e. The van der Waals surface area contributed by atoms with Gasteiger partial charge in [0.2, 0.25) is 5.91 Å². The summed E-state index contributed by atoms with van der Waals surface area (Å²) in [7, 11) is 0. The van der Waals surface area contributed by atoms with Gasteiger partial charge in [0, 0.05) is 18.5 Å². The molecular weight excluding hydrogens is 384 g/mol. The fourth-order valence-corrected chi connectivity index (χ4v) is 2.82. The van der Waals surface area contributed by atoms with Crippen LogP contribution in [0.25, 0.3) is 0 Å². The minimum Gasteiger partial charge on any atom is -0.508 e. The molecule has 2 aromatic carbocycles. The maximum atomic E-state index is 12.8. The van der Waals surface area contributed by atoms with Gasteiger partial charge in [-0.1, -0.05) is 48.5 Å². The molecule has 162 valence electrons. The van der Waals surface area contributed by atoms with Gasteiger partial charge in [-0.3, -0.25) is 9.63 Å². The number of ether oxygens (including phenoxy) is 1. The quantitative estimate of drug-likeness (QED) is 0.628. The lowest BCUT2D eigenvalue weighted by molar-refractivity contribution is -0.134. The van der Waals surface area contributed by atoms with Crippen molar-refractivity contribution >= 4 is 12.0 Å². The minimum atomic E-state index is -0.686. The van der Waals surface area contributed by atoms with Crippen molar-refractivity contribution in [2.75, 3.05) is 6.54 Å². The maximum absolute atomic E-state index is 12.8. The number of carbonyl (C=O) groups is 2. The summed E-state index contributed by atoms with van der Waals surface area (Å²) < 4.78 is 5.50. The zero-order valence-corrected chi connectivity index (χ0v) is 17.9. The summed E-state index contributed by atoms with van der Waals surface area (Å²) in [6, 6.07) is 15.8. The number of amides is 2. The molecule has 7 heteroatoms. The van der Waals surface area contributed by atoms with Crippen LogP contribution in [-0.2, 0) is 21.0 Å². The Morgan fingerprint density at radius 2 is 1.70 bits per heavy atom. The number of hydroxylamine groups is 1.